The first kappa shape index (κ1) is 22.1. The molecule has 0 aliphatic carbocycles. The zero-order chi connectivity index (χ0) is 23.4. The molecule has 8 heteroatoms. The number of amides is 1. The maximum atomic E-state index is 14.2. The molecule has 0 saturated carbocycles. The Morgan fingerprint density at radius 1 is 1.03 bits per heavy atom. The molecule has 0 unspecified atom stereocenters. The molecule has 0 spiro atoms. The fourth-order valence-corrected chi connectivity index (χ4v) is 3.38. The highest BCUT2D eigenvalue weighted by atomic mass is 35.5. The fraction of sp³-hybridized carbons (Fsp3) is 0. The SMILES string of the molecule is N#Cc1nc(-c2c(F)cccc2Cl)[nH]c1C#Cc1cccc(NC(=O)c2ccc(Cl)cc2)c1. The summed E-state index contributed by atoms with van der Waals surface area (Å²) in [5.41, 5.74) is 1.91. The van der Waals surface area contributed by atoms with Crippen molar-refractivity contribution in [2.75, 3.05) is 5.32 Å². The molecule has 5 nitrogen and oxygen atoms in total. The van der Waals surface area contributed by atoms with Crippen LogP contribution < -0.4 is 5.32 Å². The van der Waals surface area contributed by atoms with Gasteiger partial charge in [0.05, 0.1) is 10.6 Å². The molecule has 1 amide bonds. The second kappa shape index (κ2) is 9.58. The highest BCUT2D eigenvalue weighted by Gasteiger charge is 2.16. The van der Waals surface area contributed by atoms with Crippen molar-refractivity contribution in [3.05, 3.63) is 105 Å². The third-order valence-electron chi connectivity index (χ3n) is 4.57. The minimum atomic E-state index is -0.565. The van der Waals surface area contributed by atoms with Crippen molar-refractivity contribution >= 4 is 34.8 Å². The van der Waals surface area contributed by atoms with E-state index in [1.807, 2.05) is 6.07 Å². The van der Waals surface area contributed by atoms with Gasteiger partial charge in [-0.25, -0.2) is 9.37 Å². The summed E-state index contributed by atoms with van der Waals surface area (Å²) < 4.78 is 14.2. The van der Waals surface area contributed by atoms with Crippen molar-refractivity contribution in [3.63, 3.8) is 0 Å². The molecule has 2 N–H and O–H groups in total. The summed E-state index contributed by atoms with van der Waals surface area (Å²) in [5, 5.41) is 12.9. The molecule has 0 aliphatic heterocycles. The standard InChI is InChI=1S/C25H13Cl2FN4O/c26-17-10-8-16(9-11-17)25(33)30-18-4-1-3-15(13-18)7-12-21-22(14-29)32-24(31-21)23-19(27)5-2-6-20(23)28/h1-6,8-11,13H,(H,30,33)(H,31,32). The first-order valence-corrected chi connectivity index (χ1v) is 10.3. The average molecular weight is 475 g/mol. The molecular weight excluding hydrogens is 462 g/mol. The monoisotopic (exact) mass is 474 g/mol. The molecule has 0 atom stereocenters. The topological polar surface area (TPSA) is 81.6 Å². The van der Waals surface area contributed by atoms with Crippen LogP contribution >= 0.6 is 23.2 Å². The van der Waals surface area contributed by atoms with Crippen molar-refractivity contribution in [2.45, 2.75) is 0 Å². The van der Waals surface area contributed by atoms with E-state index in [-0.39, 0.29) is 33.7 Å². The lowest BCUT2D eigenvalue weighted by atomic mass is 10.1. The predicted octanol–water partition coefficient (Wildman–Crippen LogP) is 6.05. The largest absolute Gasteiger partial charge is 0.330 e. The number of benzene rings is 3. The second-order valence-electron chi connectivity index (χ2n) is 6.81. The number of nitrogens with zero attached hydrogens (tertiary/aromatic N) is 2. The first-order valence-electron chi connectivity index (χ1n) is 9.58. The van der Waals surface area contributed by atoms with Crippen LogP contribution in [0.1, 0.15) is 27.3 Å². The van der Waals surface area contributed by atoms with Gasteiger partial charge in [0.25, 0.3) is 5.91 Å². The third kappa shape index (κ3) is 5.05. The van der Waals surface area contributed by atoms with E-state index in [1.165, 1.54) is 18.2 Å². The van der Waals surface area contributed by atoms with Crippen molar-refractivity contribution in [2.24, 2.45) is 0 Å². The molecule has 4 rings (SSSR count). The molecule has 0 bridgehead atoms. The number of nitrogens with one attached hydrogen (secondary N) is 2. The Morgan fingerprint density at radius 2 is 1.79 bits per heavy atom. The van der Waals surface area contributed by atoms with Crippen molar-refractivity contribution in [3.8, 4) is 29.3 Å². The quantitative estimate of drug-likeness (QED) is 0.354. The normalized spacial score (nSPS) is 10.1. The molecule has 4 aromatic rings. The highest BCUT2D eigenvalue weighted by Crippen LogP contribution is 2.29. The maximum absolute atomic E-state index is 14.2. The van der Waals surface area contributed by atoms with E-state index < -0.39 is 5.82 Å². The summed E-state index contributed by atoms with van der Waals surface area (Å²) in [6.45, 7) is 0. The van der Waals surface area contributed by atoms with Crippen LogP contribution in [0.15, 0.2) is 66.7 Å². The van der Waals surface area contributed by atoms with Crippen LogP contribution in [0, 0.1) is 29.0 Å². The number of nitriles is 1. The lowest BCUT2D eigenvalue weighted by Gasteiger charge is -2.05. The van der Waals surface area contributed by atoms with E-state index in [1.54, 1.807) is 48.5 Å². The van der Waals surface area contributed by atoms with Crippen molar-refractivity contribution in [1.29, 1.82) is 5.26 Å². The molecule has 3 aromatic carbocycles. The van der Waals surface area contributed by atoms with E-state index in [4.69, 9.17) is 23.2 Å². The summed E-state index contributed by atoms with van der Waals surface area (Å²) >= 11 is 11.9. The first-order chi connectivity index (χ1) is 15.9. The van der Waals surface area contributed by atoms with Crippen LogP contribution in [0.5, 0.6) is 0 Å². The minimum absolute atomic E-state index is 0.0176. The summed E-state index contributed by atoms with van der Waals surface area (Å²) in [6, 6.07) is 19.7. The number of halogens is 3. The van der Waals surface area contributed by atoms with Crippen LogP contribution in [-0.2, 0) is 0 Å². The van der Waals surface area contributed by atoms with Gasteiger partial charge in [0.1, 0.15) is 23.4 Å². The molecule has 1 heterocycles. The molecule has 0 radical (unpaired) electrons. The summed E-state index contributed by atoms with van der Waals surface area (Å²) in [7, 11) is 0. The lowest BCUT2D eigenvalue weighted by molar-refractivity contribution is 0.102. The molecule has 1 aromatic heterocycles. The fourth-order valence-electron chi connectivity index (χ4n) is 3.00. The average Bonchev–Trinajstić information content (AvgIpc) is 3.21. The molecule has 0 saturated heterocycles. The van der Waals surface area contributed by atoms with E-state index in [0.717, 1.165) is 0 Å². The van der Waals surface area contributed by atoms with Crippen molar-refractivity contribution < 1.29 is 9.18 Å². The van der Waals surface area contributed by atoms with Gasteiger partial charge in [0, 0.05) is 21.8 Å². The maximum Gasteiger partial charge on any atom is 0.255 e. The van der Waals surface area contributed by atoms with Gasteiger partial charge in [-0.2, -0.15) is 5.26 Å². The van der Waals surface area contributed by atoms with Gasteiger partial charge in [0.15, 0.2) is 5.69 Å². The van der Waals surface area contributed by atoms with Gasteiger partial charge in [-0.15, -0.1) is 0 Å². The zero-order valence-electron chi connectivity index (χ0n) is 16.8. The minimum Gasteiger partial charge on any atom is -0.330 e. The van der Waals surface area contributed by atoms with Gasteiger partial charge < -0.3 is 10.3 Å². The number of carbonyl (C=O) groups is 1. The Bertz CT molecular complexity index is 1440. The number of imidazole rings is 1. The van der Waals surface area contributed by atoms with Crippen molar-refractivity contribution in [1.82, 2.24) is 9.97 Å². The number of aromatic nitrogens is 2. The van der Waals surface area contributed by atoms with Gasteiger partial charge in [-0.1, -0.05) is 41.3 Å². The summed E-state index contributed by atoms with van der Waals surface area (Å²) in [5.74, 6) is 5.03. The van der Waals surface area contributed by atoms with E-state index in [2.05, 4.69) is 27.1 Å². The van der Waals surface area contributed by atoms with Gasteiger partial charge >= 0.3 is 0 Å². The number of anilines is 1. The summed E-state index contributed by atoms with van der Waals surface area (Å²) in [6.07, 6.45) is 0. The second-order valence-corrected chi connectivity index (χ2v) is 7.65. The van der Waals surface area contributed by atoms with Crippen LogP contribution in [0.2, 0.25) is 10.0 Å². The smallest absolute Gasteiger partial charge is 0.255 e. The molecule has 0 aliphatic rings. The Hall–Kier alpha value is -4.10. The number of hydrogen-bond donors (Lipinski definition) is 2. The Morgan fingerprint density at radius 3 is 2.52 bits per heavy atom. The Labute approximate surface area is 198 Å². The molecular formula is C25H13Cl2FN4O. The van der Waals surface area contributed by atoms with E-state index in [0.29, 0.717) is 21.8 Å². The van der Waals surface area contributed by atoms with E-state index in [9.17, 15) is 14.4 Å². The number of carbonyl (C=O) groups excluding carboxylic acids is 1. The van der Waals surface area contributed by atoms with Crippen LogP contribution in [0.25, 0.3) is 11.4 Å². The van der Waals surface area contributed by atoms with Crippen LogP contribution in [-0.4, -0.2) is 15.9 Å². The Balaban J connectivity index is 1.59. The third-order valence-corrected chi connectivity index (χ3v) is 5.13. The molecule has 0 fully saturated rings. The Kier molecular flexibility index (Phi) is 6.42. The van der Waals surface area contributed by atoms with Gasteiger partial charge in [-0.05, 0) is 60.5 Å². The predicted molar refractivity (Wildman–Crippen MR) is 126 cm³/mol. The van der Waals surface area contributed by atoms with Crippen LogP contribution in [0.3, 0.4) is 0 Å². The van der Waals surface area contributed by atoms with Gasteiger partial charge in [-0.3, -0.25) is 4.79 Å². The number of aromatic amines is 1. The summed E-state index contributed by atoms with van der Waals surface area (Å²) in [4.78, 5) is 19.4. The van der Waals surface area contributed by atoms with Crippen LogP contribution in [0.4, 0.5) is 10.1 Å². The lowest BCUT2D eigenvalue weighted by Crippen LogP contribution is -2.11. The molecule has 33 heavy (non-hydrogen) atoms. The number of rotatable bonds is 3. The highest BCUT2D eigenvalue weighted by molar-refractivity contribution is 6.33. The number of H-pyrrole nitrogens is 1. The molecule has 160 valence electrons. The van der Waals surface area contributed by atoms with Gasteiger partial charge in [0.2, 0.25) is 0 Å². The number of hydrogen-bond acceptors (Lipinski definition) is 3. The van der Waals surface area contributed by atoms with E-state index >= 15 is 0 Å². The zero-order valence-corrected chi connectivity index (χ0v) is 18.3.